The largest absolute Gasteiger partial charge is 0.310 e. The molecule has 0 amide bonds. The molecule has 1 aliphatic carbocycles. The predicted octanol–water partition coefficient (Wildman–Crippen LogP) is 5.60. The van der Waals surface area contributed by atoms with E-state index in [1.54, 1.807) is 0 Å². The molecule has 3 rings (SSSR count). The lowest BCUT2D eigenvalue weighted by atomic mass is 9.89. The highest BCUT2D eigenvalue weighted by atomic mass is 32.1. The number of nitrogens with zero attached hydrogens (tertiary/aromatic N) is 1. The maximum Gasteiger partial charge on any atom is 0.107 e. The van der Waals surface area contributed by atoms with Crippen molar-refractivity contribution >= 4 is 11.3 Å². The summed E-state index contributed by atoms with van der Waals surface area (Å²) in [5.74, 6) is 1.47. The van der Waals surface area contributed by atoms with E-state index in [0.717, 1.165) is 19.0 Å². The molecule has 2 nitrogen and oxygen atoms in total. The first-order valence-corrected chi connectivity index (χ1v) is 9.80. The lowest BCUT2D eigenvalue weighted by molar-refractivity contribution is 0.342. The molecule has 0 saturated heterocycles. The van der Waals surface area contributed by atoms with E-state index in [0.29, 0.717) is 5.92 Å². The molecule has 1 heterocycles. The first-order valence-electron chi connectivity index (χ1n) is 8.98. The second-order valence-electron chi connectivity index (χ2n) is 7.03. The fourth-order valence-corrected chi connectivity index (χ4v) is 4.23. The SMILES string of the molecule is CC(C)c1ccc(-c2cnc(CNCC3CCCCC3)s2)cc1. The van der Waals surface area contributed by atoms with Crippen LogP contribution in [0.2, 0.25) is 0 Å². The van der Waals surface area contributed by atoms with Gasteiger partial charge in [-0.3, -0.25) is 0 Å². The van der Waals surface area contributed by atoms with Crippen molar-refractivity contribution in [1.82, 2.24) is 10.3 Å². The van der Waals surface area contributed by atoms with Gasteiger partial charge < -0.3 is 5.32 Å². The molecular formula is C20H28N2S. The van der Waals surface area contributed by atoms with Gasteiger partial charge in [0.05, 0.1) is 4.88 Å². The standard InChI is InChI=1S/C20H28N2S/c1-15(2)17-8-10-18(11-9-17)19-13-22-20(23-19)14-21-12-16-6-4-3-5-7-16/h8-11,13,15-16,21H,3-7,12,14H2,1-2H3. The molecule has 0 unspecified atom stereocenters. The van der Waals surface area contributed by atoms with Gasteiger partial charge in [0.25, 0.3) is 0 Å². The summed E-state index contributed by atoms with van der Waals surface area (Å²) < 4.78 is 0. The van der Waals surface area contributed by atoms with Crippen molar-refractivity contribution in [3.8, 4) is 10.4 Å². The first-order chi connectivity index (χ1) is 11.2. The third kappa shape index (κ3) is 4.65. The Kier molecular flexibility index (Phi) is 5.85. The molecule has 0 radical (unpaired) electrons. The van der Waals surface area contributed by atoms with E-state index in [1.165, 1.54) is 53.1 Å². The molecule has 1 N–H and O–H groups in total. The smallest absolute Gasteiger partial charge is 0.107 e. The number of rotatable bonds is 6. The second kappa shape index (κ2) is 8.07. The lowest BCUT2D eigenvalue weighted by Crippen LogP contribution is -2.24. The minimum Gasteiger partial charge on any atom is -0.310 e. The molecule has 1 aliphatic rings. The van der Waals surface area contributed by atoms with Crippen molar-refractivity contribution < 1.29 is 0 Å². The van der Waals surface area contributed by atoms with Gasteiger partial charge in [0.15, 0.2) is 0 Å². The van der Waals surface area contributed by atoms with Gasteiger partial charge in [-0.2, -0.15) is 0 Å². The maximum absolute atomic E-state index is 4.59. The number of hydrogen-bond donors (Lipinski definition) is 1. The molecule has 23 heavy (non-hydrogen) atoms. The maximum atomic E-state index is 4.59. The summed E-state index contributed by atoms with van der Waals surface area (Å²) in [6.45, 7) is 6.53. The van der Waals surface area contributed by atoms with Crippen LogP contribution in [0.3, 0.4) is 0 Å². The Labute approximate surface area is 144 Å². The van der Waals surface area contributed by atoms with Crippen LogP contribution in [0.5, 0.6) is 0 Å². The quantitative estimate of drug-likeness (QED) is 0.746. The van der Waals surface area contributed by atoms with Crippen LogP contribution in [0.25, 0.3) is 10.4 Å². The van der Waals surface area contributed by atoms with Crippen molar-refractivity contribution in [2.24, 2.45) is 5.92 Å². The molecular weight excluding hydrogens is 300 g/mol. The number of aromatic nitrogens is 1. The van der Waals surface area contributed by atoms with Crippen LogP contribution in [0.15, 0.2) is 30.5 Å². The highest BCUT2D eigenvalue weighted by Gasteiger charge is 2.13. The van der Waals surface area contributed by atoms with E-state index < -0.39 is 0 Å². The van der Waals surface area contributed by atoms with E-state index in [9.17, 15) is 0 Å². The van der Waals surface area contributed by atoms with Gasteiger partial charge in [-0.15, -0.1) is 11.3 Å². The van der Waals surface area contributed by atoms with Gasteiger partial charge >= 0.3 is 0 Å². The fraction of sp³-hybridized carbons (Fsp3) is 0.550. The van der Waals surface area contributed by atoms with Gasteiger partial charge in [0.2, 0.25) is 0 Å². The Hall–Kier alpha value is -1.19. The van der Waals surface area contributed by atoms with Crippen LogP contribution in [0.1, 0.15) is 62.4 Å². The van der Waals surface area contributed by atoms with Gasteiger partial charge in [0, 0.05) is 12.7 Å². The van der Waals surface area contributed by atoms with E-state index in [4.69, 9.17) is 0 Å². The van der Waals surface area contributed by atoms with Crippen LogP contribution >= 0.6 is 11.3 Å². The molecule has 124 valence electrons. The van der Waals surface area contributed by atoms with E-state index in [-0.39, 0.29) is 0 Å². The third-order valence-corrected chi connectivity index (χ3v) is 5.90. The molecule has 1 fully saturated rings. The van der Waals surface area contributed by atoms with Crippen LogP contribution in [-0.4, -0.2) is 11.5 Å². The highest BCUT2D eigenvalue weighted by molar-refractivity contribution is 7.15. The van der Waals surface area contributed by atoms with Gasteiger partial charge in [-0.1, -0.05) is 57.4 Å². The summed E-state index contributed by atoms with van der Waals surface area (Å²) in [7, 11) is 0. The minimum absolute atomic E-state index is 0.588. The van der Waals surface area contributed by atoms with Crippen molar-refractivity contribution in [2.75, 3.05) is 6.54 Å². The summed E-state index contributed by atoms with van der Waals surface area (Å²) in [5, 5.41) is 4.81. The van der Waals surface area contributed by atoms with E-state index in [2.05, 4.69) is 48.4 Å². The van der Waals surface area contributed by atoms with E-state index >= 15 is 0 Å². The monoisotopic (exact) mass is 328 g/mol. The predicted molar refractivity (Wildman–Crippen MR) is 99.9 cm³/mol. The Bertz CT molecular complexity index is 594. The molecule has 0 spiro atoms. The van der Waals surface area contributed by atoms with Crippen LogP contribution in [-0.2, 0) is 6.54 Å². The molecule has 1 aromatic heterocycles. The fourth-order valence-electron chi connectivity index (χ4n) is 3.33. The van der Waals surface area contributed by atoms with Gasteiger partial charge in [-0.05, 0) is 42.3 Å². The zero-order valence-corrected chi connectivity index (χ0v) is 15.2. The molecule has 0 atom stereocenters. The summed E-state index contributed by atoms with van der Waals surface area (Å²) in [6.07, 6.45) is 9.09. The summed E-state index contributed by atoms with van der Waals surface area (Å²) in [5.41, 5.74) is 2.68. The van der Waals surface area contributed by atoms with Gasteiger partial charge in [-0.25, -0.2) is 4.98 Å². The Balaban J connectivity index is 1.53. The Morgan fingerprint density at radius 3 is 2.57 bits per heavy atom. The topological polar surface area (TPSA) is 24.9 Å². The molecule has 2 aromatic rings. The average molecular weight is 329 g/mol. The Morgan fingerprint density at radius 2 is 1.87 bits per heavy atom. The zero-order chi connectivity index (χ0) is 16.1. The van der Waals surface area contributed by atoms with Crippen LogP contribution < -0.4 is 5.32 Å². The average Bonchev–Trinajstić information content (AvgIpc) is 3.05. The van der Waals surface area contributed by atoms with Crippen LogP contribution in [0, 0.1) is 5.92 Å². The van der Waals surface area contributed by atoms with Gasteiger partial charge in [0.1, 0.15) is 5.01 Å². The summed E-state index contributed by atoms with van der Waals surface area (Å²) in [4.78, 5) is 5.86. The summed E-state index contributed by atoms with van der Waals surface area (Å²) >= 11 is 1.81. The molecule has 0 aliphatic heterocycles. The first kappa shape index (κ1) is 16.7. The summed E-state index contributed by atoms with van der Waals surface area (Å²) in [6, 6.07) is 8.92. The normalized spacial score (nSPS) is 16.1. The van der Waals surface area contributed by atoms with Crippen LogP contribution in [0.4, 0.5) is 0 Å². The van der Waals surface area contributed by atoms with Crippen molar-refractivity contribution in [3.63, 3.8) is 0 Å². The Morgan fingerprint density at radius 1 is 1.13 bits per heavy atom. The lowest BCUT2D eigenvalue weighted by Gasteiger charge is -2.21. The number of thiazole rings is 1. The second-order valence-corrected chi connectivity index (χ2v) is 8.15. The number of nitrogens with one attached hydrogen (secondary N) is 1. The highest BCUT2D eigenvalue weighted by Crippen LogP contribution is 2.28. The molecule has 3 heteroatoms. The number of benzene rings is 1. The van der Waals surface area contributed by atoms with Crippen molar-refractivity contribution in [2.45, 2.75) is 58.4 Å². The van der Waals surface area contributed by atoms with Crippen molar-refractivity contribution in [1.29, 1.82) is 0 Å². The molecule has 1 saturated carbocycles. The number of hydrogen-bond acceptors (Lipinski definition) is 3. The molecule has 0 bridgehead atoms. The van der Waals surface area contributed by atoms with Crippen molar-refractivity contribution in [3.05, 3.63) is 41.0 Å². The third-order valence-electron chi connectivity index (χ3n) is 4.85. The van der Waals surface area contributed by atoms with E-state index in [1.807, 2.05) is 17.5 Å². The molecule has 1 aromatic carbocycles. The minimum atomic E-state index is 0.588. The zero-order valence-electron chi connectivity index (χ0n) is 14.3.